The van der Waals surface area contributed by atoms with E-state index in [1.807, 2.05) is 6.26 Å². The highest BCUT2D eigenvalue weighted by molar-refractivity contribution is 8.00. The first-order valence-electron chi connectivity index (χ1n) is 2.67. The van der Waals surface area contributed by atoms with E-state index in [9.17, 15) is 0 Å². The Hall–Kier alpha value is 0.230. The lowest BCUT2D eigenvalue weighted by atomic mass is 10.6. The zero-order valence-corrected chi connectivity index (χ0v) is 7.82. The van der Waals surface area contributed by atoms with Crippen molar-refractivity contribution in [3.63, 3.8) is 0 Å². The first-order chi connectivity index (χ1) is 4.77. The van der Waals surface area contributed by atoms with E-state index in [2.05, 4.69) is 4.98 Å². The van der Waals surface area contributed by atoms with Gasteiger partial charge in [0.25, 0.3) is 0 Å². The minimum Gasteiger partial charge on any atom is -0.326 e. The van der Waals surface area contributed by atoms with Crippen molar-refractivity contribution in [2.24, 2.45) is 5.73 Å². The number of thioether (sulfide) groups is 1. The molecular formula is C5H7ClN2S2. The van der Waals surface area contributed by atoms with Gasteiger partial charge in [-0.1, -0.05) is 23.4 Å². The molecule has 1 aromatic rings. The molecule has 0 saturated carbocycles. The van der Waals surface area contributed by atoms with Gasteiger partial charge in [0.15, 0.2) is 4.34 Å². The molecule has 2 nitrogen and oxygen atoms in total. The third kappa shape index (κ3) is 1.63. The molecule has 1 aromatic heterocycles. The van der Waals surface area contributed by atoms with Gasteiger partial charge in [-0.05, 0) is 6.26 Å². The molecule has 0 aromatic carbocycles. The summed E-state index contributed by atoms with van der Waals surface area (Å²) in [6.07, 6.45) is 1.97. The molecule has 0 radical (unpaired) electrons. The van der Waals surface area contributed by atoms with E-state index in [1.165, 1.54) is 0 Å². The van der Waals surface area contributed by atoms with Crippen LogP contribution in [0.2, 0.25) is 5.15 Å². The standard InChI is InChI=1S/C5H7ClN2S2/c1-9-5-8-4(6)3(2-7)10-5/h2,7H2,1H3. The van der Waals surface area contributed by atoms with Crippen molar-refractivity contribution < 1.29 is 0 Å². The van der Waals surface area contributed by atoms with Crippen molar-refractivity contribution in [3.05, 3.63) is 10.0 Å². The van der Waals surface area contributed by atoms with Crippen LogP contribution in [0, 0.1) is 0 Å². The maximum atomic E-state index is 5.73. The number of nitrogens with zero attached hydrogens (tertiary/aromatic N) is 1. The molecule has 0 aliphatic carbocycles. The van der Waals surface area contributed by atoms with Gasteiger partial charge < -0.3 is 5.73 Å². The fraction of sp³-hybridized carbons (Fsp3) is 0.400. The van der Waals surface area contributed by atoms with Gasteiger partial charge in [-0.3, -0.25) is 0 Å². The second-order valence-corrected chi connectivity index (χ2v) is 4.10. The molecule has 0 fully saturated rings. The van der Waals surface area contributed by atoms with Crippen LogP contribution in [0.3, 0.4) is 0 Å². The molecule has 0 aliphatic rings. The molecular weight excluding hydrogens is 188 g/mol. The van der Waals surface area contributed by atoms with E-state index in [4.69, 9.17) is 17.3 Å². The fourth-order valence-corrected chi connectivity index (χ4v) is 2.28. The molecule has 0 bridgehead atoms. The van der Waals surface area contributed by atoms with Gasteiger partial charge in [-0.2, -0.15) is 0 Å². The van der Waals surface area contributed by atoms with Crippen molar-refractivity contribution in [1.29, 1.82) is 0 Å². The van der Waals surface area contributed by atoms with Crippen LogP contribution >= 0.6 is 34.7 Å². The molecule has 0 amide bonds. The Morgan fingerprint density at radius 1 is 1.80 bits per heavy atom. The fourth-order valence-electron chi connectivity index (χ4n) is 0.526. The van der Waals surface area contributed by atoms with E-state index in [1.54, 1.807) is 23.1 Å². The number of hydrogen-bond donors (Lipinski definition) is 1. The summed E-state index contributed by atoms with van der Waals surface area (Å²) in [5, 5.41) is 0.553. The maximum absolute atomic E-state index is 5.73. The van der Waals surface area contributed by atoms with Crippen LogP contribution in [-0.2, 0) is 6.54 Å². The van der Waals surface area contributed by atoms with Gasteiger partial charge in [0.05, 0.1) is 4.88 Å². The predicted octanol–water partition coefficient (Wildman–Crippen LogP) is 1.98. The highest BCUT2D eigenvalue weighted by Gasteiger charge is 2.05. The Bertz CT molecular complexity index is 223. The van der Waals surface area contributed by atoms with Crippen LogP contribution in [0.25, 0.3) is 0 Å². The molecule has 2 N–H and O–H groups in total. The number of hydrogen-bond acceptors (Lipinski definition) is 4. The Morgan fingerprint density at radius 2 is 2.50 bits per heavy atom. The van der Waals surface area contributed by atoms with Crippen LogP contribution in [0.1, 0.15) is 4.88 Å². The maximum Gasteiger partial charge on any atom is 0.151 e. The van der Waals surface area contributed by atoms with Gasteiger partial charge in [-0.25, -0.2) is 4.98 Å². The summed E-state index contributed by atoms with van der Waals surface area (Å²) >= 11 is 8.87. The summed E-state index contributed by atoms with van der Waals surface area (Å²) < 4.78 is 0.977. The number of thiazole rings is 1. The minimum atomic E-state index is 0.483. The zero-order chi connectivity index (χ0) is 7.56. The van der Waals surface area contributed by atoms with Gasteiger partial charge >= 0.3 is 0 Å². The molecule has 0 atom stereocenters. The Kier molecular flexibility index (Phi) is 2.97. The van der Waals surface area contributed by atoms with E-state index in [-0.39, 0.29) is 0 Å². The predicted molar refractivity (Wildman–Crippen MR) is 46.8 cm³/mol. The Balaban J connectivity index is 2.92. The lowest BCUT2D eigenvalue weighted by Crippen LogP contribution is -1.92. The van der Waals surface area contributed by atoms with Crippen LogP contribution in [0.4, 0.5) is 0 Å². The summed E-state index contributed by atoms with van der Waals surface area (Å²) in [5.74, 6) is 0. The van der Waals surface area contributed by atoms with Crippen LogP contribution in [-0.4, -0.2) is 11.2 Å². The molecule has 56 valence electrons. The van der Waals surface area contributed by atoms with E-state index >= 15 is 0 Å². The van der Waals surface area contributed by atoms with Crippen LogP contribution < -0.4 is 5.73 Å². The average Bonchev–Trinajstić information content (AvgIpc) is 2.30. The van der Waals surface area contributed by atoms with Crippen molar-refractivity contribution in [1.82, 2.24) is 4.98 Å². The number of halogens is 1. The summed E-state index contributed by atoms with van der Waals surface area (Å²) in [6.45, 7) is 0.483. The SMILES string of the molecule is CSc1nc(Cl)c(CN)s1. The number of nitrogens with two attached hydrogens (primary N) is 1. The molecule has 1 rings (SSSR count). The van der Waals surface area contributed by atoms with Gasteiger partial charge in [0.2, 0.25) is 0 Å². The average molecular weight is 195 g/mol. The molecule has 0 aliphatic heterocycles. The molecule has 10 heavy (non-hydrogen) atoms. The van der Waals surface area contributed by atoms with E-state index in [0.717, 1.165) is 9.22 Å². The highest BCUT2D eigenvalue weighted by Crippen LogP contribution is 2.28. The van der Waals surface area contributed by atoms with Crippen molar-refractivity contribution in [2.75, 3.05) is 6.26 Å². The van der Waals surface area contributed by atoms with E-state index in [0.29, 0.717) is 11.7 Å². The summed E-state index contributed by atoms with van der Waals surface area (Å²) in [7, 11) is 0. The van der Waals surface area contributed by atoms with Gasteiger partial charge in [0, 0.05) is 6.54 Å². The van der Waals surface area contributed by atoms with Crippen LogP contribution in [0.15, 0.2) is 4.34 Å². The lowest BCUT2D eigenvalue weighted by Gasteiger charge is -1.83. The van der Waals surface area contributed by atoms with Crippen molar-refractivity contribution >= 4 is 34.7 Å². The third-order valence-electron chi connectivity index (χ3n) is 0.990. The number of rotatable bonds is 2. The molecule has 0 saturated heterocycles. The topological polar surface area (TPSA) is 38.9 Å². The zero-order valence-electron chi connectivity index (χ0n) is 5.43. The normalized spacial score (nSPS) is 10.3. The molecule has 1 heterocycles. The van der Waals surface area contributed by atoms with Gasteiger partial charge in [0.1, 0.15) is 5.15 Å². The molecule has 5 heteroatoms. The lowest BCUT2D eigenvalue weighted by molar-refractivity contribution is 1.09. The minimum absolute atomic E-state index is 0.483. The summed E-state index contributed by atoms with van der Waals surface area (Å²) in [5.41, 5.74) is 5.40. The molecule has 0 unspecified atom stereocenters. The smallest absolute Gasteiger partial charge is 0.151 e. The van der Waals surface area contributed by atoms with Crippen molar-refractivity contribution in [2.45, 2.75) is 10.9 Å². The van der Waals surface area contributed by atoms with Crippen LogP contribution in [0.5, 0.6) is 0 Å². The monoisotopic (exact) mass is 194 g/mol. The second kappa shape index (κ2) is 3.57. The first kappa shape index (κ1) is 8.33. The largest absolute Gasteiger partial charge is 0.326 e. The van der Waals surface area contributed by atoms with Crippen molar-refractivity contribution in [3.8, 4) is 0 Å². The third-order valence-corrected chi connectivity index (χ3v) is 3.48. The second-order valence-electron chi connectivity index (χ2n) is 1.60. The summed E-state index contributed by atoms with van der Waals surface area (Å²) in [6, 6.07) is 0. The Labute approximate surface area is 72.8 Å². The van der Waals surface area contributed by atoms with Gasteiger partial charge in [-0.15, -0.1) is 11.3 Å². The first-order valence-corrected chi connectivity index (χ1v) is 5.09. The Morgan fingerprint density at radius 3 is 2.80 bits per heavy atom. The molecule has 0 spiro atoms. The number of aromatic nitrogens is 1. The highest BCUT2D eigenvalue weighted by atomic mass is 35.5. The van der Waals surface area contributed by atoms with E-state index < -0.39 is 0 Å². The summed E-state index contributed by atoms with van der Waals surface area (Å²) in [4.78, 5) is 5.03. The quantitative estimate of drug-likeness (QED) is 0.732.